The Kier molecular flexibility index (Phi) is 14.0. The number of esters is 2. The monoisotopic (exact) mass is 854 g/mol. The fourth-order valence-electron chi connectivity index (χ4n) is 8.17. The number of hydrogen-bond donors (Lipinski definition) is 4. The highest BCUT2D eigenvalue weighted by Gasteiger charge is 2.45. The number of H-pyrrole nitrogens is 2. The number of rotatable bonds is 15. The summed E-state index contributed by atoms with van der Waals surface area (Å²) in [7, 11) is 2.60. The number of nitrogens with one attached hydrogen (secondary N) is 4. The summed E-state index contributed by atoms with van der Waals surface area (Å²) in [6, 6.07) is 14.0. The highest BCUT2D eigenvalue weighted by Crippen LogP contribution is 2.39. The van der Waals surface area contributed by atoms with E-state index in [4.69, 9.17) is 37.1 Å². The van der Waals surface area contributed by atoms with Gasteiger partial charge in [-0.25, -0.2) is 9.97 Å². The van der Waals surface area contributed by atoms with Gasteiger partial charge in [-0.15, -0.1) is 0 Å². The third kappa shape index (κ3) is 9.83. The van der Waals surface area contributed by atoms with Gasteiger partial charge in [0.15, 0.2) is 12.1 Å². The predicted octanol–water partition coefficient (Wildman–Crippen LogP) is 6.84. The molecule has 2 aromatic heterocycles. The van der Waals surface area contributed by atoms with Crippen molar-refractivity contribution in [1.82, 2.24) is 39.6 Å². The Morgan fingerprint density at radius 1 is 0.738 bits per heavy atom. The number of halogens is 1. The molecular formula is C42H51ClN12O6+2. The SMILES string of the molecule is COC(=O)C[C@H](C(=O)N1C[C@H](N=[N+]=N)C[C@H]1c1ncc(-c2ccc(-c3ccc(-c4nc([C@@H]5C[C@@H](N=[N+]=N)CN5C(=O)[C@@H](CC(=O)OC)C(C)C)[nH]c4Cl)cc3)cc2)[nH]1)C(C)C. The summed E-state index contributed by atoms with van der Waals surface area (Å²) in [6.07, 6.45) is 2.44. The maximum atomic E-state index is 13.9. The topological polar surface area (TPSA) is 251 Å². The van der Waals surface area contributed by atoms with E-state index in [9.17, 15) is 19.2 Å². The van der Waals surface area contributed by atoms with Gasteiger partial charge in [-0.05, 0) is 28.5 Å². The summed E-state index contributed by atoms with van der Waals surface area (Å²) >= 11 is 6.74. The molecule has 0 bridgehead atoms. The molecule has 19 heteroatoms. The lowest BCUT2D eigenvalue weighted by Crippen LogP contribution is -2.39. The van der Waals surface area contributed by atoms with Crippen molar-refractivity contribution in [1.29, 1.82) is 11.1 Å². The van der Waals surface area contributed by atoms with Crippen molar-refractivity contribution in [2.45, 2.75) is 77.5 Å². The zero-order valence-corrected chi connectivity index (χ0v) is 35.7. The molecule has 0 radical (unpaired) electrons. The minimum absolute atomic E-state index is 0.0382. The lowest BCUT2D eigenvalue weighted by molar-refractivity contribution is -0.148. The number of nitrogens with zero attached hydrogens (tertiary/aromatic N) is 8. The van der Waals surface area contributed by atoms with Crippen LogP contribution >= 0.6 is 11.6 Å². The van der Waals surface area contributed by atoms with E-state index in [0.29, 0.717) is 35.3 Å². The van der Waals surface area contributed by atoms with E-state index < -0.39 is 41.9 Å². The Balaban J connectivity index is 1.18. The van der Waals surface area contributed by atoms with Crippen molar-refractivity contribution >= 4 is 35.4 Å². The fourth-order valence-corrected chi connectivity index (χ4v) is 8.41. The van der Waals surface area contributed by atoms with Gasteiger partial charge in [0.1, 0.15) is 43.8 Å². The van der Waals surface area contributed by atoms with Gasteiger partial charge in [0.25, 0.3) is 0 Å². The highest BCUT2D eigenvalue weighted by atomic mass is 35.5. The summed E-state index contributed by atoms with van der Waals surface area (Å²) in [6.45, 7) is 8.04. The molecule has 4 N–H and O–H groups in total. The van der Waals surface area contributed by atoms with Crippen molar-refractivity contribution in [2.75, 3.05) is 27.3 Å². The average molecular weight is 855 g/mol. The van der Waals surface area contributed by atoms with E-state index in [-0.39, 0.29) is 55.6 Å². The quantitative estimate of drug-likeness (QED) is 0.0558. The Hall–Kier alpha value is -6.35. The first-order valence-corrected chi connectivity index (χ1v) is 20.5. The Bertz CT molecular complexity index is 2330. The van der Waals surface area contributed by atoms with Gasteiger partial charge in [-0.2, -0.15) is 0 Å². The summed E-state index contributed by atoms with van der Waals surface area (Å²) in [5.41, 5.74) is 19.4. The van der Waals surface area contributed by atoms with Gasteiger partial charge in [0, 0.05) is 18.4 Å². The summed E-state index contributed by atoms with van der Waals surface area (Å²) in [4.78, 5) is 77.9. The van der Waals surface area contributed by atoms with Gasteiger partial charge in [0.05, 0.1) is 76.0 Å². The van der Waals surface area contributed by atoms with Gasteiger partial charge in [-0.1, -0.05) is 87.8 Å². The maximum Gasteiger partial charge on any atom is 0.306 e. The molecule has 2 saturated heterocycles. The number of ether oxygens (including phenoxy) is 2. The van der Waals surface area contributed by atoms with Crippen molar-refractivity contribution in [3.8, 4) is 33.6 Å². The van der Waals surface area contributed by atoms with Crippen LogP contribution in [0.2, 0.25) is 5.15 Å². The van der Waals surface area contributed by atoms with Crippen LogP contribution in [0.5, 0.6) is 0 Å². The van der Waals surface area contributed by atoms with Crippen LogP contribution < -0.4 is 9.82 Å². The Morgan fingerprint density at radius 3 is 1.62 bits per heavy atom. The first-order chi connectivity index (χ1) is 29.3. The van der Waals surface area contributed by atoms with Crippen LogP contribution in [0.3, 0.4) is 0 Å². The second-order valence-corrected chi connectivity index (χ2v) is 16.5. The minimum atomic E-state index is -0.615. The molecule has 4 aromatic rings. The first-order valence-electron chi connectivity index (χ1n) is 20.2. The second kappa shape index (κ2) is 19.4. The molecule has 0 saturated carbocycles. The molecule has 2 amide bonds. The predicted molar refractivity (Wildman–Crippen MR) is 222 cm³/mol. The summed E-state index contributed by atoms with van der Waals surface area (Å²) in [5, 5.41) is 8.33. The van der Waals surface area contributed by atoms with Gasteiger partial charge in [-0.3, -0.25) is 19.2 Å². The molecule has 2 aliphatic heterocycles. The van der Waals surface area contributed by atoms with Crippen LogP contribution in [0, 0.1) is 34.7 Å². The van der Waals surface area contributed by atoms with E-state index >= 15 is 0 Å². The van der Waals surface area contributed by atoms with Gasteiger partial charge in [0.2, 0.25) is 21.6 Å². The molecule has 6 rings (SSSR count). The number of benzene rings is 2. The highest BCUT2D eigenvalue weighted by molar-refractivity contribution is 6.31. The third-order valence-electron chi connectivity index (χ3n) is 11.6. The van der Waals surface area contributed by atoms with Crippen LogP contribution in [0.1, 0.15) is 77.1 Å². The zero-order chi connectivity index (χ0) is 44.0. The van der Waals surface area contributed by atoms with Crippen molar-refractivity contribution in [3.05, 3.63) is 71.5 Å². The molecule has 18 nitrogen and oxygen atoms in total. The van der Waals surface area contributed by atoms with Gasteiger partial charge < -0.3 is 29.2 Å². The third-order valence-corrected chi connectivity index (χ3v) is 11.9. The number of carbonyl (C=O) groups is 4. The van der Waals surface area contributed by atoms with Crippen LogP contribution in [-0.4, -0.2) is 92.9 Å². The van der Waals surface area contributed by atoms with Crippen molar-refractivity contribution in [2.24, 2.45) is 33.9 Å². The number of methoxy groups -OCH3 is 2. The normalized spacial score (nSPS) is 19.6. The van der Waals surface area contributed by atoms with Crippen LogP contribution in [0.4, 0.5) is 0 Å². The standard InChI is InChI=1S/C42H50ClN12O6/c1-22(2)30(17-35(56)60-5)41(58)54-20-28(50-52-44)15-33(54)39-46-19-32(47-39)26-11-7-24(8-12-26)25-9-13-27(14-10-25)37-38(43)49-40(48-37)34-16-29(51-53-45)21-55(34)42(59)31(23(3)4)18-36(57)61-6/h7-14,19,22-23,28-31,33-34,45H,15-18,20-21H2,1-6H3,(H2,44,50)/q+1/p+1/t28-,29-,30+,31+,33+,34+/m1/s1. The van der Waals surface area contributed by atoms with E-state index in [0.717, 1.165) is 27.9 Å². The maximum absolute atomic E-state index is 13.9. The molecule has 4 heterocycles. The number of aromatic nitrogens is 4. The molecule has 2 aliphatic rings. The molecule has 2 aromatic carbocycles. The lowest BCUT2D eigenvalue weighted by Gasteiger charge is -2.29. The fraction of sp³-hybridized carbons (Fsp3) is 0.476. The molecule has 2 fully saturated rings. The van der Waals surface area contributed by atoms with Crippen LogP contribution in [0.25, 0.3) is 33.6 Å². The average Bonchev–Trinajstić information content (AvgIpc) is 4.08. The molecule has 0 aliphatic carbocycles. The number of amides is 2. The largest absolute Gasteiger partial charge is 0.469 e. The van der Waals surface area contributed by atoms with E-state index in [1.807, 2.05) is 76.2 Å². The lowest BCUT2D eigenvalue weighted by atomic mass is 9.90. The first kappa shape index (κ1) is 44.2. The Morgan fingerprint density at radius 2 is 1.18 bits per heavy atom. The molecule has 0 spiro atoms. The molecule has 6 atom stereocenters. The van der Waals surface area contributed by atoms with E-state index in [2.05, 4.69) is 35.0 Å². The van der Waals surface area contributed by atoms with Crippen molar-refractivity contribution in [3.63, 3.8) is 0 Å². The number of imidazole rings is 2. The van der Waals surface area contributed by atoms with Crippen LogP contribution in [0.15, 0.2) is 65.0 Å². The van der Waals surface area contributed by atoms with Crippen LogP contribution in [-0.2, 0) is 28.7 Å². The molecule has 61 heavy (non-hydrogen) atoms. The summed E-state index contributed by atoms with van der Waals surface area (Å²) in [5.74, 6) is -1.74. The second-order valence-electron chi connectivity index (χ2n) is 16.1. The molecular weight excluding hydrogens is 804 g/mol. The van der Waals surface area contributed by atoms with E-state index in [1.54, 1.807) is 16.0 Å². The van der Waals surface area contributed by atoms with Crippen molar-refractivity contribution < 1.29 is 28.7 Å². The number of likely N-dealkylation sites (tertiary alicyclic amines) is 2. The smallest absolute Gasteiger partial charge is 0.306 e. The number of aromatic amines is 2. The minimum Gasteiger partial charge on any atom is -0.469 e. The van der Waals surface area contributed by atoms with Gasteiger partial charge >= 0.3 is 11.9 Å². The number of hydrogen-bond acceptors (Lipinski definition) is 12. The van der Waals surface area contributed by atoms with E-state index in [1.165, 1.54) is 14.2 Å². The molecule has 0 unspecified atom stereocenters. The Labute approximate surface area is 357 Å². The zero-order valence-electron chi connectivity index (χ0n) is 35.0. The number of carbonyl (C=O) groups excluding carboxylic acids is 4. The summed E-state index contributed by atoms with van der Waals surface area (Å²) < 4.78 is 9.73. The molecule has 320 valence electrons.